The average molecular weight is 168 g/mol. The molecular weight excluding hydrogens is 152 g/mol. The van der Waals surface area contributed by atoms with Crippen molar-refractivity contribution in [3.8, 4) is 0 Å². The topological polar surface area (TPSA) is 33.6 Å². The van der Waals surface area contributed by atoms with Crippen LogP contribution >= 0.6 is 0 Å². The quantitative estimate of drug-likeness (QED) is 0.369. The summed E-state index contributed by atoms with van der Waals surface area (Å²) in [5, 5.41) is 2.96. The van der Waals surface area contributed by atoms with E-state index >= 15 is 0 Å². The van der Waals surface area contributed by atoms with Crippen LogP contribution in [0.2, 0.25) is 0 Å². The molecule has 3 nitrogen and oxygen atoms in total. The zero-order valence-electron chi connectivity index (χ0n) is 7.76. The molecule has 0 bridgehead atoms. The molecule has 0 aliphatic carbocycles. The van der Waals surface area contributed by atoms with Crippen molar-refractivity contribution in [3.05, 3.63) is 24.6 Å². The van der Waals surface area contributed by atoms with Crippen molar-refractivity contribution in [2.75, 3.05) is 20.2 Å². The van der Waals surface area contributed by atoms with E-state index in [-0.39, 0.29) is 0 Å². The maximum atomic E-state index is 5.19. The highest BCUT2D eigenvalue weighted by Crippen LogP contribution is 1.92. The fourth-order valence-corrected chi connectivity index (χ4v) is 0.504. The minimum Gasteiger partial charge on any atom is -0.491 e. The average Bonchev–Trinajstić information content (AvgIpc) is 2.01. The second kappa shape index (κ2) is 6.61. The molecule has 12 heavy (non-hydrogen) atoms. The van der Waals surface area contributed by atoms with Crippen molar-refractivity contribution in [2.24, 2.45) is 4.99 Å². The molecule has 0 aliphatic heterocycles. The Labute approximate surface area is 73.8 Å². The van der Waals surface area contributed by atoms with Crippen LogP contribution < -0.4 is 5.32 Å². The van der Waals surface area contributed by atoms with Gasteiger partial charge in [0.05, 0.1) is 6.21 Å². The maximum Gasteiger partial charge on any atom is 0.130 e. The van der Waals surface area contributed by atoms with E-state index < -0.39 is 0 Å². The van der Waals surface area contributed by atoms with Crippen LogP contribution in [-0.2, 0) is 4.74 Å². The summed E-state index contributed by atoms with van der Waals surface area (Å²) in [6.07, 6.45) is 1.57. The van der Waals surface area contributed by atoms with Crippen LogP contribution in [0.15, 0.2) is 29.6 Å². The first-order valence-electron chi connectivity index (χ1n) is 3.82. The lowest BCUT2D eigenvalue weighted by Gasteiger charge is -2.03. The second-order valence-corrected chi connectivity index (χ2v) is 2.41. The van der Waals surface area contributed by atoms with Gasteiger partial charge in [0.15, 0.2) is 0 Å². The highest BCUT2D eigenvalue weighted by Gasteiger charge is 1.88. The molecule has 0 spiro atoms. The number of rotatable bonds is 6. The first-order chi connectivity index (χ1) is 5.66. The van der Waals surface area contributed by atoms with Gasteiger partial charge in [0.2, 0.25) is 0 Å². The van der Waals surface area contributed by atoms with Crippen LogP contribution in [0.4, 0.5) is 0 Å². The molecule has 0 heterocycles. The van der Waals surface area contributed by atoms with Gasteiger partial charge in [-0.15, -0.1) is 0 Å². The molecule has 0 saturated heterocycles. The molecule has 0 saturated carbocycles. The predicted molar refractivity (Wildman–Crippen MR) is 52.3 cm³/mol. The van der Waals surface area contributed by atoms with E-state index in [1.54, 1.807) is 6.21 Å². The molecule has 0 aromatic rings. The molecule has 0 unspecified atom stereocenters. The van der Waals surface area contributed by atoms with Gasteiger partial charge >= 0.3 is 0 Å². The number of ether oxygens (including phenoxy) is 1. The zero-order valence-corrected chi connectivity index (χ0v) is 7.76. The van der Waals surface area contributed by atoms with Crippen molar-refractivity contribution in [1.82, 2.24) is 5.32 Å². The third-order valence-electron chi connectivity index (χ3n) is 1.07. The molecule has 0 radical (unpaired) electrons. The van der Waals surface area contributed by atoms with Crippen molar-refractivity contribution < 1.29 is 4.74 Å². The van der Waals surface area contributed by atoms with Gasteiger partial charge in [0, 0.05) is 12.2 Å². The van der Waals surface area contributed by atoms with E-state index in [4.69, 9.17) is 4.74 Å². The molecule has 0 atom stereocenters. The van der Waals surface area contributed by atoms with Crippen molar-refractivity contribution in [1.29, 1.82) is 0 Å². The van der Waals surface area contributed by atoms with E-state index in [1.165, 1.54) is 0 Å². The predicted octanol–water partition coefficient (Wildman–Crippen LogP) is 1.34. The molecule has 0 aromatic carbocycles. The molecule has 0 aromatic heterocycles. The van der Waals surface area contributed by atoms with Gasteiger partial charge in [-0.2, -0.15) is 0 Å². The fourth-order valence-electron chi connectivity index (χ4n) is 0.504. The molecule has 0 rings (SSSR count). The van der Waals surface area contributed by atoms with E-state index in [2.05, 4.69) is 23.5 Å². The van der Waals surface area contributed by atoms with E-state index in [1.807, 2.05) is 14.0 Å². The summed E-state index contributed by atoms with van der Waals surface area (Å²) in [6.45, 7) is 10.5. The van der Waals surface area contributed by atoms with E-state index in [0.717, 1.165) is 12.2 Å². The van der Waals surface area contributed by atoms with Gasteiger partial charge in [-0.25, -0.2) is 0 Å². The highest BCUT2D eigenvalue weighted by atomic mass is 16.5. The maximum absolute atomic E-state index is 5.19. The second-order valence-electron chi connectivity index (χ2n) is 2.41. The Bertz CT molecular complexity index is 185. The number of likely N-dealkylation sites (N-methyl/N-ethyl adjacent to an activating group) is 1. The number of aliphatic imine (C=N–C) groups is 1. The number of nitrogens with zero attached hydrogens (tertiary/aromatic N) is 1. The molecule has 3 heteroatoms. The first kappa shape index (κ1) is 10.9. The lowest BCUT2D eigenvalue weighted by Crippen LogP contribution is -2.13. The Hall–Kier alpha value is -1.09. The van der Waals surface area contributed by atoms with Gasteiger partial charge in [0.1, 0.15) is 12.4 Å². The van der Waals surface area contributed by atoms with Crippen molar-refractivity contribution >= 4 is 6.21 Å². The highest BCUT2D eigenvalue weighted by molar-refractivity contribution is 5.75. The zero-order chi connectivity index (χ0) is 9.40. The Kier molecular flexibility index (Phi) is 6.01. The molecule has 0 fully saturated rings. The van der Waals surface area contributed by atoms with Crippen LogP contribution in [0, 0.1) is 0 Å². The van der Waals surface area contributed by atoms with Crippen molar-refractivity contribution in [3.63, 3.8) is 0 Å². The lowest BCUT2D eigenvalue weighted by molar-refractivity contribution is 0.236. The Morgan fingerprint density at radius 2 is 2.25 bits per heavy atom. The van der Waals surface area contributed by atoms with E-state index in [0.29, 0.717) is 12.4 Å². The van der Waals surface area contributed by atoms with Crippen LogP contribution in [-0.4, -0.2) is 26.4 Å². The number of hydrogen-bond donors (Lipinski definition) is 1. The summed E-state index contributed by atoms with van der Waals surface area (Å²) in [5.41, 5.74) is 0.744. The molecule has 0 amide bonds. The third-order valence-corrected chi connectivity index (χ3v) is 1.07. The first-order valence-corrected chi connectivity index (χ1v) is 3.82. The largest absolute Gasteiger partial charge is 0.491 e. The third kappa shape index (κ3) is 7.02. The fraction of sp³-hybridized carbons (Fsp3) is 0.444. The molecule has 0 aliphatic rings. The summed E-state index contributed by atoms with van der Waals surface area (Å²) in [5.74, 6) is 0.563. The van der Waals surface area contributed by atoms with Gasteiger partial charge in [0.25, 0.3) is 0 Å². The SMILES string of the molecule is C=C(C)N=CC(=C)OCCNC. The monoisotopic (exact) mass is 168 g/mol. The van der Waals surface area contributed by atoms with Crippen LogP contribution in [0.5, 0.6) is 0 Å². The van der Waals surface area contributed by atoms with Gasteiger partial charge in [-0.1, -0.05) is 13.2 Å². The van der Waals surface area contributed by atoms with Crippen LogP contribution in [0.25, 0.3) is 0 Å². The summed E-state index contributed by atoms with van der Waals surface area (Å²) < 4.78 is 5.19. The van der Waals surface area contributed by atoms with Gasteiger partial charge in [-0.05, 0) is 14.0 Å². The van der Waals surface area contributed by atoms with Crippen LogP contribution in [0.3, 0.4) is 0 Å². The molecular formula is C9H16N2O. The standard InChI is InChI=1S/C9H16N2O/c1-8(2)11-7-9(3)12-6-5-10-4/h7,10H,1,3,5-6H2,2,4H3. The number of allylic oxidation sites excluding steroid dienone is 2. The van der Waals surface area contributed by atoms with Crippen molar-refractivity contribution in [2.45, 2.75) is 6.92 Å². The number of hydrogen-bond acceptors (Lipinski definition) is 3. The molecule has 1 N–H and O–H groups in total. The van der Waals surface area contributed by atoms with E-state index in [9.17, 15) is 0 Å². The summed E-state index contributed by atoms with van der Waals surface area (Å²) >= 11 is 0. The summed E-state index contributed by atoms with van der Waals surface area (Å²) in [7, 11) is 1.87. The smallest absolute Gasteiger partial charge is 0.130 e. The van der Waals surface area contributed by atoms with Crippen LogP contribution in [0.1, 0.15) is 6.92 Å². The lowest BCUT2D eigenvalue weighted by atomic mass is 10.5. The Morgan fingerprint density at radius 1 is 1.58 bits per heavy atom. The summed E-state index contributed by atoms with van der Waals surface area (Å²) in [4.78, 5) is 3.94. The molecule has 68 valence electrons. The van der Waals surface area contributed by atoms with Gasteiger partial charge < -0.3 is 10.1 Å². The number of nitrogens with one attached hydrogen (secondary N) is 1. The normalized spacial score (nSPS) is 10.2. The van der Waals surface area contributed by atoms with Gasteiger partial charge in [-0.3, -0.25) is 4.99 Å². The Morgan fingerprint density at radius 3 is 2.75 bits per heavy atom. The summed E-state index contributed by atoms with van der Waals surface area (Å²) in [6, 6.07) is 0. The Balaban J connectivity index is 3.53. The minimum atomic E-state index is 0.563. The minimum absolute atomic E-state index is 0.563.